The second-order valence-electron chi connectivity index (χ2n) is 6.47. The summed E-state index contributed by atoms with van der Waals surface area (Å²) in [6.07, 6.45) is 1.69. The Morgan fingerprint density at radius 2 is 2.00 bits per heavy atom. The molecule has 7 heteroatoms. The number of benzene rings is 1. The summed E-state index contributed by atoms with van der Waals surface area (Å²) >= 11 is 4.83. The highest BCUT2D eigenvalue weighted by atomic mass is 79.9. The summed E-state index contributed by atoms with van der Waals surface area (Å²) in [7, 11) is 0. The second-order valence-corrected chi connectivity index (χ2v) is 9.01. The van der Waals surface area contributed by atoms with Gasteiger partial charge < -0.3 is 10.1 Å². The number of anilines is 1. The van der Waals surface area contributed by atoms with Crippen molar-refractivity contribution in [1.82, 2.24) is 0 Å². The van der Waals surface area contributed by atoms with Crippen LogP contribution in [0.5, 0.6) is 0 Å². The van der Waals surface area contributed by atoms with E-state index in [1.807, 2.05) is 30.3 Å². The summed E-state index contributed by atoms with van der Waals surface area (Å²) < 4.78 is 4.43. The van der Waals surface area contributed by atoms with Gasteiger partial charge in [-0.1, -0.05) is 46.3 Å². The molecule has 27 heavy (non-hydrogen) atoms. The topological polar surface area (TPSA) is 72.5 Å². The third-order valence-corrected chi connectivity index (χ3v) is 6.67. The predicted octanol–water partition coefficient (Wildman–Crippen LogP) is 4.39. The Hall–Kier alpha value is -1.99. The van der Waals surface area contributed by atoms with Crippen molar-refractivity contribution >= 4 is 49.9 Å². The molecule has 1 aromatic carbocycles. The van der Waals surface area contributed by atoms with Crippen molar-refractivity contribution in [3.8, 4) is 0 Å². The predicted molar refractivity (Wildman–Crippen MR) is 109 cm³/mol. The largest absolute Gasteiger partial charge is 0.462 e. The number of fused-ring (bicyclic) bond motifs is 1. The molecule has 3 rings (SSSR count). The second kappa shape index (κ2) is 7.94. The standard InChI is InChI=1S/C20H20BrNO4S/c1-3-26-19(25)15-14-9-10-20(21,11-13-7-5-4-6-8-13)17(24)16(14)27-18(15)22-12(2)23/h4-8H,3,9-11H2,1-2H3,(H,22,23). The zero-order chi connectivity index (χ0) is 19.6. The molecule has 142 valence electrons. The molecule has 0 saturated carbocycles. The Kier molecular flexibility index (Phi) is 5.81. The van der Waals surface area contributed by atoms with Gasteiger partial charge in [-0.05, 0) is 37.3 Å². The maximum Gasteiger partial charge on any atom is 0.341 e. The van der Waals surface area contributed by atoms with E-state index < -0.39 is 10.3 Å². The normalized spacial score (nSPS) is 18.7. The number of hydrogen-bond donors (Lipinski definition) is 1. The summed E-state index contributed by atoms with van der Waals surface area (Å²) in [6, 6.07) is 9.82. The van der Waals surface area contributed by atoms with E-state index in [-0.39, 0.29) is 18.3 Å². The number of halogens is 1. The fraction of sp³-hybridized carbons (Fsp3) is 0.350. The molecule has 1 N–H and O–H groups in total. The molecular formula is C20H20BrNO4S. The van der Waals surface area contributed by atoms with Crippen LogP contribution in [-0.4, -0.2) is 28.6 Å². The van der Waals surface area contributed by atoms with Crippen molar-refractivity contribution in [2.45, 2.75) is 37.4 Å². The van der Waals surface area contributed by atoms with E-state index in [1.54, 1.807) is 6.92 Å². The molecule has 5 nitrogen and oxygen atoms in total. The summed E-state index contributed by atoms with van der Waals surface area (Å²) in [5.41, 5.74) is 2.06. The molecule has 1 aliphatic rings. The number of carbonyl (C=O) groups excluding carboxylic acids is 3. The van der Waals surface area contributed by atoms with Gasteiger partial charge in [-0.2, -0.15) is 0 Å². The highest BCUT2D eigenvalue weighted by Gasteiger charge is 2.44. The molecule has 0 bridgehead atoms. The number of Topliss-reactive ketones (excluding diaryl/α,β-unsaturated/α-hetero) is 1. The van der Waals surface area contributed by atoms with Crippen molar-refractivity contribution < 1.29 is 19.1 Å². The number of amides is 1. The fourth-order valence-corrected chi connectivity index (χ4v) is 5.46. The lowest BCUT2D eigenvalue weighted by molar-refractivity contribution is -0.114. The molecule has 2 aromatic rings. The summed E-state index contributed by atoms with van der Waals surface area (Å²) in [6.45, 7) is 3.33. The third-order valence-electron chi connectivity index (χ3n) is 4.49. The maximum atomic E-state index is 13.3. The average molecular weight is 450 g/mol. The highest BCUT2D eigenvalue weighted by Crippen LogP contribution is 2.45. The Labute approximate surface area is 170 Å². The first kappa shape index (κ1) is 19.8. The molecular weight excluding hydrogens is 430 g/mol. The van der Waals surface area contributed by atoms with Gasteiger partial charge in [0, 0.05) is 6.92 Å². The summed E-state index contributed by atoms with van der Waals surface area (Å²) in [5, 5.41) is 3.06. The number of rotatable bonds is 5. The van der Waals surface area contributed by atoms with Crippen molar-refractivity contribution in [3.63, 3.8) is 0 Å². The smallest absolute Gasteiger partial charge is 0.341 e. The van der Waals surface area contributed by atoms with Crippen LogP contribution >= 0.6 is 27.3 Å². The molecule has 0 aliphatic heterocycles. The molecule has 1 aromatic heterocycles. The number of ketones is 1. The highest BCUT2D eigenvalue weighted by molar-refractivity contribution is 9.10. The molecule has 0 radical (unpaired) electrons. The Morgan fingerprint density at radius 1 is 1.30 bits per heavy atom. The van der Waals surface area contributed by atoms with Crippen molar-refractivity contribution in [2.75, 3.05) is 11.9 Å². The minimum Gasteiger partial charge on any atom is -0.462 e. The van der Waals surface area contributed by atoms with Crippen molar-refractivity contribution in [2.24, 2.45) is 0 Å². The van der Waals surface area contributed by atoms with Crippen LogP contribution in [0.1, 0.15) is 51.4 Å². The minimum atomic E-state index is -0.717. The van der Waals surface area contributed by atoms with Gasteiger partial charge >= 0.3 is 5.97 Å². The number of nitrogens with one attached hydrogen (secondary N) is 1. The summed E-state index contributed by atoms with van der Waals surface area (Å²) in [5.74, 6) is -0.850. The quantitative estimate of drug-likeness (QED) is 0.542. The summed E-state index contributed by atoms with van der Waals surface area (Å²) in [4.78, 5) is 37.8. The number of carbonyl (C=O) groups is 3. The van der Waals surface area contributed by atoms with Crippen LogP contribution in [0.4, 0.5) is 5.00 Å². The number of thiophene rings is 1. The van der Waals surface area contributed by atoms with Gasteiger partial charge in [-0.25, -0.2) is 4.79 Å². The van der Waals surface area contributed by atoms with Gasteiger partial charge in [-0.3, -0.25) is 9.59 Å². The fourth-order valence-electron chi connectivity index (χ4n) is 3.28. The molecule has 0 spiro atoms. The van der Waals surface area contributed by atoms with E-state index in [1.165, 1.54) is 6.92 Å². The van der Waals surface area contributed by atoms with E-state index in [0.29, 0.717) is 40.3 Å². The third kappa shape index (κ3) is 3.99. The monoisotopic (exact) mass is 449 g/mol. The van der Waals surface area contributed by atoms with E-state index in [9.17, 15) is 14.4 Å². The molecule has 1 unspecified atom stereocenters. The Bertz CT molecular complexity index is 893. The van der Waals surface area contributed by atoms with Gasteiger partial charge in [0.25, 0.3) is 0 Å². The molecule has 1 aliphatic carbocycles. The van der Waals surface area contributed by atoms with Crippen LogP contribution in [0.3, 0.4) is 0 Å². The SMILES string of the molecule is CCOC(=O)c1c(NC(C)=O)sc2c1CCC(Br)(Cc1ccccc1)C2=O. The lowest BCUT2D eigenvalue weighted by Crippen LogP contribution is -2.38. The molecule has 1 heterocycles. The minimum absolute atomic E-state index is 0.0558. The number of ether oxygens (including phenoxy) is 1. The van der Waals surface area contributed by atoms with Gasteiger partial charge in [0.2, 0.25) is 5.91 Å². The first-order valence-electron chi connectivity index (χ1n) is 8.73. The molecule has 1 amide bonds. The Balaban J connectivity index is 2.00. The van der Waals surface area contributed by atoms with Gasteiger partial charge in [0.05, 0.1) is 21.4 Å². The van der Waals surface area contributed by atoms with E-state index in [0.717, 1.165) is 16.9 Å². The van der Waals surface area contributed by atoms with Crippen LogP contribution in [0.15, 0.2) is 30.3 Å². The van der Waals surface area contributed by atoms with E-state index >= 15 is 0 Å². The molecule has 1 atom stereocenters. The van der Waals surface area contributed by atoms with E-state index in [4.69, 9.17) is 4.74 Å². The van der Waals surface area contributed by atoms with Gasteiger partial charge in [0.15, 0.2) is 5.78 Å². The van der Waals surface area contributed by atoms with Crippen LogP contribution < -0.4 is 5.32 Å². The van der Waals surface area contributed by atoms with Crippen LogP contribution in [-0.2, 0) is 22.4 Å². The number of hydrogen-bond acceptors (Lipinski definition) is 5. The molecule has 0 fully saturated rings. The van der Waals surface area contributed by atoms with Crippen molar-refractivity contribution in [1.29, 1.82) is 0 Å². The van der Waals surface area contributed by atoms with Crippen LogP contribution in [0, 0.1) is 0 Å². The van der Waals surface area contributed by atoms with Gasteiger partial charge in [-0.15, -0.1) is 11.3 Å². The van der Waals surface area contributed by atoms with Crippen LogP contribution in [0.2, 0.25) is 0 Å². The first-order valence-corrected chi connectivity index (χ1v) is 10.3. The van der Waals surface area contributed by atoms with Crippen LogP contribution in [0.25, 0.3) is 0 Å². The first-order chi connectivity index (χ1) is 12.9. The lowest BCUT2D eigenvalue weighted by atomic mass is 9.82. The molecule has 0 saturated heterocycles. The number of esters is 1. The zero-order valence-corrected chi connectivity index (χ0v) is 17.5. The van der Waals surface area contributed by atoms with E-state index in [2.05, 4.69) is 21.2 Å². The average Bonchev–Trinajstić information content (AvgIpc) is 2.97. The maximum absolute atomic E-state index is 13.3. The Morgan fingerprint density at radius 3 is 2.63 bits per heavy atom. The lowest BCUT2D eigenvalue weighted by Gasteiger charge is -2.30. The van der Waals surface area contributed by atoms with Crippen molar-refractivity contribution in [3.05, 3.63) is 51.9 Å². The number of alkyl halides is 1. The van der Waals surface area contributed by atoms with Gasteiger partial charge in [0.1, 0.15) is 5.00 Å². The zero-order valence-electron chi connectivity index (χ0n) is 15.1.